The third-order valence-electron chi connectivity index (χ3n) is 2.76. The fourth-order valence-corrected chi connectivity index (χ4v) is 1.72. The van der Waals surface area contributed by atoms with Crippen LogP contribution in [-0.2, 0) is 0 Å². The zero-order valence-corrected chi connectivity index (χ0v) is 11.2. The van der Waals surface area contributed by atoms with Crippen LogP contribution < -0.4 is 9.47 Å². The van der Waals surface area contributed by atoms with Gasteiger partial charge >= 0.3 is 0 Å². The van der Waals surface area contributed by atoms with Crippen molar-refractivity contribution in [3.63, 3.8) is 0 Å². The van der Waals surface area contributed by atoms with Gasteiger partial charge < -0.3 is 9.47 Å². The summed E-state index contributed by atoms with van der Waals surface area (Å²) < 4.78 is 10.3. The Kier molecular flexibility index (Phi) is 4.89. The lowest BCUT2D eigenvalue weighted by Crippen LogP contribution is -2.07. The molecule has 0 atom stereocenters. The summed E-state index contributed by atoms with van der Waals surface area (Å²) in [5.41, 5.74) is 0.857. The molecule has 0 N–H and O–H groups in total. The van der Waals surface area contributed by atoms with E-state index in [1.165, 1.54) is 14.2 Å². The van der Waals surface area contributed by atoms with E-state index >= 15 is 0 Å². The Morgan fingerprint density at radius 3 is 1.56 bits per heavy atom. The Labute approximate surface area is 107 Å². The van der Waals surface area contributed by atoms with E-state index in [0.29, 0.717) is 35.5 Å². The first-order valence-electron chi connectivity index (χ1n) is 5.91. The lowest BCUT2D eigenvalue weighted by molar-refractivity contribution is 0.0985. The Morgan fingerprint density at radius 2 is 1.28 bits per heavy atom. The molecule has 0 amide bonds. The highest BCUT2D eigenvalue weighted by atomic mass is 16.5. The average Bonchev–Trinajstić information content (AvgIpc) is 2.43. The van der Waals surface area contributed by atoms with E-state index in [0.717, 1.165) is 0 Å². The highest BCUT2D eigenvalue weighted by Gasteiger charge is 2.18. The number of Topliss-reactive ketones (excluding diaryl/α,β-unsaturated/α-hetero) is 2. The van der Waals surface area contributed by atoms with Gasteiger partial charge in [-0.2, -0.15) is 0 Å². The highest BCUT2D eigenvalue weighted by molar-refractivity contribution is 6.04. The highest BCUT2D eigenvalue weighted by Crippen LogP contribution is 2.30. The number of hydrogen-bond acceptors (Lipinski definition) is 4. The molecular formula is C14H18O4. The minimum Gasteiger partial charge on any atom is -0.496 e. The lowest BCUT2D eigenvalue weighted by atomic mass is 10.00. The van der Waals surface area contributed by atoms with E-state index in [-0.39, 0.29) is 11.6 Å². The molecule has 0 aromatic heterocycles. The molecule has 1 rings (SSSR count). The summed E-state index contributed by atoms with van der Waals surface area (Å²) in [6.45, 7) is 3.54. The van der Waals surface area contributed by atoms with Gasteiger partial charge in [-0.05, 0) is 6.07 Å². The standard InChI is InChI=1S/C14H18O4/c1-5-11(15)9-7-10(12(16)6-2)14(18-4)8-13(9)17-3/h7-8H,5-6H2,1-4H3. The van der Waals surface area contributed by atoms with E-state index in [4.69, 9.17) is 9.47 Å². The summed E-state index contributed by atoms with van der Waals surface area (Å²) in [4.78, 5) is 23.6. The number of rotatable bonds is 6. The predicted molar refractivity (Wildman–Crippen MR) is 68.8 cm³/mol. The molecule has 4 heteroatoms. The number of carbonyl (C=O) groups is 2. The van der Waals surface area contributed by atoms with Crippen molar-refractivity contribution in [1.82, 2.24) is 0 Å². The van der Waals surface area contributed by atoms with Gasteiger partial charge in [0, 0.05) is 18.9 Å². The molecule has 1 aromatic rings. The molecule has 18 heavy (non-hydrogen) atoms. The van der Waals surface area contributed by atoms with Gasteiger partial charge in [0.05, 0.1) is 25.3 Å². The molecule has 0 aliphatic heterocycles. The molecule has 4 nitrogen and oxygen atoms in total. The monoisotopic (exact) mass is 250 g/mol. The maximum absolute atomic E-state index is 11.8. The number of benzene rings is 1. The predicted octanol–water partition coefficient (Wildman–Crippen LogP) is 2.89. The molecule has 0 aliphatic carbocycles. The van der Waals surface area contributed by atoms with Crippen molar-refractivity contribution in [3.05, 3.63) is 23.3 Å². The van der Waals surface area contributed by atoms with Crippen LogP contribution in [0, 0.1) is 0 Å². The van der Waals surface area contributed by atoms with Crippen LogP contribution in [0.15, 0.2) is 12.1 Å². The van der Waals surface area contributed by atoms with Gasteiger partial charge in [0.1, 0.15) is 11.5 Å². The summed E-state index contributed by atoms with van der Waals surface area (Å²) in [7, 11) is 2.98. The van der Waals surface area contributed by atoms with Crippen LogP contribution >= 0.6 is 0 Å². The fourth-order valence-electron chi connectivity index (χ4n) is 1.72. The Balaban J connectivity index is 3.43. The zero-order chi connectivity index (χ0) is 13.7. The first-order valence-corrected chi connectivity index (χ1v) is 5.91. The van der Waals surface area contributed by atoms with Crippen LogP contribution in [0.25, 0.3) is 0 Å². The van der Waals surface area contributed by atoms with Gasteiger partial charge in [0.2, 0.25) is 0 Å². The minimum absolute atomic E-state index is 0.0559. The van der Waals surface area contributed by atoms with Crippen LogP contribution in [0.5, 0.6) is 11.5 Å². The van der Waals surface area contributed by atoms with Gasteiger partial charge in [-0.25, -0.2) is 0 Å². The van der Waals surface area contributed by atoms with E-state index in [1.807, 2.05) is 0 Å². The first-order chi connectivity index (χ1) is 8.58. The average molecular weight is 250 g/mol. The fraction of sp³-hybridized carbons (Fsp3) is 0.429. The molecule has 0 radical (unpaired) electrons. The molecule has 0 spiro atoms. The lowest BCUT2D eigenvalue weighted by Gasteiger charge is -2.13. The van der Waals surface area contributed by atoms with Crippen molar-refractivity contribution in [2.24, 2.45) is 0 Å². The molecule has 0 aliphatic rings. The van der Waals surface area contributed by atoms with Crippen LogP contribution in [-0.4, -0.2) is 25.8 Å². The van der Waals surface area contributed by atoms with E-state index < -0.39 is 0 Å². The quantitative estimate of drug-likeness (QED) is 0.728. The van der Waals surface area contributed by atoms with E-state index in [9.17, 15) is 9.59 Å². The van der Waals surface area contributed by atoms with Crippen molar-refractivity contribution in [1.29, 1.82) is 0 Å². The van der Waals surface area contributed by atoms with Crippen LogP contribution in [0.1, 0.15) is 47.4 Å². The summed E-state index contributed by atoms with van der Waals surface area (Å²) in [6.07, 6.45) is 0.727. The van der Waals surface area contributed by atoms with Gasteiger partial charge in [-0.1, -0.05) is 13.8 Å². The zero-order valence-electron chi connectivity index (χ0n) is 11.2. The second-order valence-electron chi connectivity index (χ2n) is 3.81. The van der Waals surface area contributed by atoms with E-state index in [1.54, 1.807) is 26.0 Å². The normalized spacial score (nSPS) is 10.0. The van der Waals surface area contributed by atoms with Crippen LogP contribution in [0.2, 0.25) is 0 Å². The Bertz CT molecular complexity index is 424. The summed E-state index contributed by atoms with van der Waals surface area (Å²) in [5, 5.41) is 0. The van der Waals surface area contributed by atoms with E-state index in [2.05, 4.69) is 0 Å². The third-order valence-corrected chi connectivity index (χ3v) is 2.76. The molecule has 0 bridgehead atoms. The Morgan fingerprint density at radius 1 is 0.889 bits per heavy atom. The first kappa shape index (κ1) is 14.2. The van der Waals surface area contributed by atoms with Gasteiger partial charge in [-0.3, -0.25) is 9.59 Å². The molecule has 0 saturated carbocycles. The van der Waals surface area contributed by atoms with Crippen molar-refractivity contribution in [3.8, 4) is 11.5 Å². The van der Waals surface area contributed by atoms with Crippen molar-refractivity contribution >= 4 is 11.6 Å². The van der Waals surface area contributed by atoms with Gasteiger partial charge in [0.15, 0.2) is 11.6 Å². The molecular weight excluding hydrogens is 232 g/mol. The second-order valence-corrected chi connectivity index (χ2v) is 3.81. The van der Waals surface area contributed by atoms with Crippen molar-refractivity contribution in [2.45, 2.75) is 26.7 Å². The molecule has 0 fully saturated rings. The van der Waals surface area contributed by atoms with Gasteiger partial charge in [0.25, 0.3) is 0 Å². The second kappa shape index (κ2) is 6.19. The molecule has 0 saturated heterocycles. The number of ketones is 2. The van der Waals surface area contributed by atoms with Gasteiger partial charge in [-0.15, -0.1) is 0 Å². The summed E-state index contributed by atoms with van der Waals surface area (Å²) >= 11 is 0. The number of hydrogen-bond donors (Lipinski definition) is 0. The van der Waals surface area contributed by atoms with Crippen molar-refractivity contribution < 1.29 is 19.1 Å². The summed E-state index contributed by atoms with van der Waals surface area (Å²) in [5.74, 6) is 0.761. The molecule has 0 heterocycles. The maximum Gasteiger partial charge on any atom is 0.166 e. The molecule has 98 valence electrons. The molecule has 1 aromatic carbocycles. The topological polar surface area (TPSA) is 52.6 Å². The Hall–Kier alpha value is -1.84. The maximum atomic E-state index is 11.8. The SMILES string of the molecule is CCC(=O)c1cc(C(=O)CC)c(OC)cc1OC. The largest absolute Gasteiger partial charge is 0.496 e. The summed E-state index contributed by atoms with van der Waals surface area (Å²) in [6, 6.07) is 3.15. The van der Waals surface area contributed by atoms with Crippen molar-refractivity contribution in [2.75, 3.05) is 14.2 Å². The number of methoxy groups -OCH3 is 2. The number of ether oxygens (including phenoxy) is 2. The third kappa shape index (κ3) is 2.70. The molecule has 0 unspecified atom stereocenters. The minimum atomic E-state index is -0.0559. The van der Waals surface area contributed by atoms with Crippen LogP contribution in [0.4, 0.5) is 0 Å². The smallest absolute Gasteiger partial charge is 0.166 e. The number of carbonyl (C=O) groups excluding carboxylic acids is 2. The van der Waals surface area contributed by atoms with Crippen LogP contribution in [0.3, 0.4) is 0 Å².